The number of amides is 3. The van der Waals surface area contributed by atoms with E-state index >= 15 is 0 Å². The van der Waals surface area contributed by atoms with Gasteiger partial charge in [0.2, 0.25) is 5.91 Å². The van der Waals surface area contributed by atoms with E-state index in [9.17, 15) is 14.4 Å². The van der Waals surface area contributed by atoms with Crippen LogP contribution in [0.2, 0.25) is 0 Å². The first-order valence-corrected chi connectivity index (χ1v) is 12.1. The molecule has 4 rings (SSSR count). The number of ether oxygens (including phenoxy) is 1. The van der Waals surface area contributed by atoms with Gasteiger partial charge in [-0.1, -0.05) is 18.2 Å². The molecule has 0 aliphatic carbocycles. The van der Waals surface area contributed by atoms with Crippen molar-refractivity contribution in [3.63, 3.8) is 0 Å². The molecule has 180 valence electrons. The zero-order valence-electron chi connectivity index (χ0n) is 20.0. The van der Waals surface area contributed by atoms with E-state index < -0.39 is 6.04 Å². The molecular weight excluding hydrogens is 430 g/mol. The standard InChI is InChI=1S/C27H33N3O4/c1-19-7-3-4-8-23(19)25(31)28-24(27(33)29-15-5-6-16-29)20-13-17-30(18-14-20)26(32)21-9-11-22(34-2)12-10-21/h3-4,7-12,20,24H,5-6,13-18H2,1-2H3,(H,28,31). The second-order valence-electron chi connectivity index (χ2n) is 9.16. The van der Waals surface area contributed by atoms with Crippen molar-refractivity contribution in [2.45, 2.75) is 38.6 Å². The molecule has 1 unspecified atom stereocenters. The number of likely N-dealkylation sites (tertiary alicyclic amines) is 2. The number of hydrogen-bond acceptors (Lipinski definition) is 4. The highest BCUT2D eigenvalue weighted by Gasteiger charge is 2.37. The van der Waals surface area contributed by atoms with E-state index in [0.717, 1.165) is 31.5 Å². The van der Waals surface area contributed by atoms with Gasteiger partial charge < -0.3 is 19.9 Å². The van der Waals surface area contributed by atoms with E-state index in [-0.39, 0.29) is 23.6 Å². The second-order valence-corrected chi connectivity index (χ2v) is 9.16. The topological polar surface area (TPSA) is 79.0 Å². The van der Waals surface area contributed by atoms with Crippen LogP contribution in [0.4, 0.5) is 0 Å². The maximum atomic E-state index is 13.4. The molecule has 34 heavy (non-hydrogen) atoms. The summed E-state index contributed by atoms with van der Waals surface area (Å²) >= 11 is 0. The predicted molar refractivity (Wildman–Crippen MR) is 130 cm³/mol. The van der Waals surface area contributed by atoms with Crippen LogP contribution in [0.15, 0.2) is 48.5 Å². The average Bonchev–Trinajstić information content (AvgIpc) is 3.42. The molecule has 0 bridgehead atoms. The van der Waals surface area contributed by atoms with Crippen molar-refractivity contribution in [1.29, 1.82) is 0 Å². The van der Waals surface area contributed by atoms with Gasteiger partial charge in [0.1, 0.15) is 11.8 Å². The molecule has 2 aromatic carbocycles. The number of nitrogens with one attached hydrogen (secondary N) is 1. The van der Waals surface area contributed by atoms with Gasteiger partial charge in [-0.2, -0.15) is 0 Å². The Balaban J connectivity index is 1.45. The molecule has 2 aliphatic heterocycles. The fraction of sp³-hybridized carbons (Fsp3) is 0.444. The van der Waals surface area contributed by atoms with Crippen molar-refractivity contribution in [1.82, 2.24) is 15.1 Å². The zero-order valence-corrected chi connectivity index (χ0v) is 20.0. The number of hydrogen-bond donors (Lipinski definition) is 1. The van der Waals surface area contributed by atoms with E-state index in [0.29, 0.717) is 42.8 Å². The quantitative estimate of drug-likeness (QED) is 0.713. The van der Waals surface area contributed by atoms with Crippen LogP contribution < -0.4 is 10.1 Å². The molecule has 0 spiro atoms. The van der Waals surface area contributed by atoms with E-state index in [2.05, 4.69) is 5.32 Å². The van der Waals surface area contributed by atoms with E-state index in [1.807, 2.05) is 34.9 Å². The van der Waals surface area contributed by atoms with E-state index in [1.165, 1.54) is 0 Å². The monoisotopic (exact) mass is 463 g/mol. The summed E-state index contributed by atoms with van der Waals surface area (Å²) in [7, 11) is 1.60. The molecule has 0 saturated carbocycles. The molecule has 1 atom stereocenters. The van der Waals surface area contributed by atoms with Gasteiger partial charge in [-0.25, -0.2) is 0 Å². The SMILES string of the molecule is COc1ccc(C(=O)N2CCC(C(NC(=O)c3ccccc3C)C(=O)N3CCCC3)CC2)cc1. The third kappa shape index (κ3) is 5.24. The van der Waals surface area contributed by atoms with Crippen LogP contribution in [0.25, 0.3) is 0 Å². The maximum absolute atomic E-state index is 13.4. The van der Waals surface area contributed by atoms with Crippen LogP contribution in [-0.4, -0.2) is 66.9 Å². The highest BCUT2D eigenvalue weighted by molar-refractivity contribution is 5.99. The lowest BCUT2D eigenvalue weighted by molar-refractivity contribution is -0.134. The summed E-state index contributed by atoms with van der Waals surface area (Å²) in [6.07, 6.45) is 3.33. The van der Waals surface area contributed by atoms with Crippen molar-refractivity contribution < 1.29 is 19.1 Å². The maximum Gasteiger partial charge on any atom is 0.253 e. The van der Waals surface area contributed by atoms with Crippen LogP contribution in [0.1, 0.15) is 52.0 Å². The van der Waals surface area contributed by atoms with Gasteiger partial charge in [0.15, 0.2) is 0 Å². The molecule has 2 heterocycles. The second kappa shape index (κ2) is 10.7. The summed E-state index contributed by atoms with van der Waals surface area (Å²) in [5.74, 6) is 0.461. The number of aryl methyl sites for hydroxylation is 1. The van der Waals surface area contributed by atoms with Crippen LogP contribution in [0.3, 0.4) is 0 Å². The lowest BCUT2D eigenvalue weighted by Gasteiger charge is -2.37. The number of nitrogens with zero attached hydrogens (tertiary/aromatic N) is 2. The highest BCUT2D eigenvalue weighted by atomic mass is 16.5. The minimum absolute atomic E-state index is 0.000588. The Labute approximate surface area is 201 Å². The number of carbonyl (C=O) groups excluding carboxylic acids is 3. The molecule has 0 radical (unpaired) electrons. The van der Waals surface area contributed by atoms with Gasteiger partial charge >= 0.3 is 0 Å². The summed E-state index contributed by atoms with van der Waals surface area (Å²) in [6.45, 7) is 4.49. The largest absolute Gasteiger partial charge is 0.497 e. The number of piperidine rings is 1. The van der Waals surface area contributed by atoms with E-state index in [1.54, 1.807) is 37.4 Å². The van der Waals surface area contributed by atoms with Crippen molar-refractivity contribution in [3.05, 3.63) is 65.2 Å². The molecule has 2 aliphatic rings. The summed E-state index contributed by atoms with van der Waals surface area (Å²) in [4.78, 5) is 43.2. The Morgan fingerprint density at radius 3 is 2.18 bits per heavy atom. The first-order chi connectivity index (χ1) is 16.5. The molecule has 1 N–H and O–H groups in total. The third-order valence-electron chi connectivity index (χ3n) is 7.00. The molecular formula is C27H33N3O4. The number of carbonyl (C=O) groups is 3. The molecule has 0 aromatic heterocycles. The third-order valence-corrected chi connectivity index (χ3v) is 7.00. The van der Waals surface area contributed by atoms with E-state index in [4.69, 9.17) is 4.74 Å². The van der Waals surface area contributed by atoms with Gasteiger partial charge in [0, 0.05) is 37.3 Å². The van der Waals surface area contributed by atoms with Crippen LogP contribution >= 0.6 is 0 Å². The predicted octanol–water partition coefficient (Wildman–Crippen LogP) is 3.28. The van der Waals surface area contributed by atoms with Crippen molar-refractivity contribution in [3.8, 4) is 5.75 Å². The van der Waals surface area contributed by atoms with Crippen LogP contribution in [0, 0.1) is 12.8 Å². The number of benzene rings is 2. The van der Waals surface area contributed by atoms with Gasteiger partial charge in [0.05, 0.1) is 7.11 Å². The molecule has 2 fully saturated rings. The Kier molecular flexibility index (Phi) is 7.50. The smallest absolute Gasteiger partial charge is 0.253 e. The lowest BCUT2D eigenvalue weighted by atomic mass is 9.87. The summed E-state index contributed by atoms with van der Waals surface area (Å²) < 4.78 is 5.18. The van der Waals surface area contributed by atoms with Gasteiger partial charge in [-0.3, -0.25) is 14.4 Å². The van der Waals surface area contributed by atoms with Crippen LogP contribution in [-0.2, 0) is 4.79 Å². The Hall–Kier alpha value is -3.35. The fourth-order valence-electron chi connectivity index (χ4n) is 4.91. The Morgan fingerprint density at radius 2 is 1.56 bits per heavy atom. The first kappa shape index (κ1) is 23.8. The Morgan fingerprint density at radius 1 is 0.912 bits per heavy atom. The lowest BCUT2D eigenvalue weighted by Crippen LogP contribution is -2.54. The normalized spacial score (nSPS) is 17.4. The minimum Gasteiger partial charge on any atom is -0.497 e. The molecule has 3 amide bonds. The van der Waals surface area contributed by atoms with Crippen molar-refractivity contribution in [2.75, 3.05) is 33.3 Å². The highest BCUT2D eigenvalue weighted by Crippen LogP contribution is 2.25. The minimum atomic E-state index is -0.580. The van der Waals surface area contributed by atoms with Gasteiger partial charge in [-0.05, 0) is 74.4 Å². The average molecular weight is 464 g/mol. The molecule has 7 heteroatoms. The first-order valence-electron chi connectivity index (χ1n) is 12.1. The molecule has 2 saturated heterocycles. The summed E-state index contributed by atoms with van der Waals surface area (Å²) in [5.41, 5.74) is 2.10. The van der Waals surface area contributed by atoms with Gasteiger partial charge in [-0.15, -0.1) is 0 Å². The summed E-state index contributed by atoms with van der Waals surface area (Å²) in [5, 5.41) is 3.06. The molecule has 2 aromatic rings. The molecule has 7 nitrogen and oxygen atoms in total. The fourth-order valence-corrected chi connectivity index (χ4v) is 4.91. The number of methoxy groups -OCH3 is 1. The zero-order chi connectivity index (χ0) is 24.1. The number of rotatable bonds is 6. The van der Waals surface area contributed by atoms with Crippen LogP contribution in [0.5, 0.6) is 5.75 Å². The van der Waals surface area contributed by atoms with Crippen molar-refractivity contribution in [2.24, 2.45) is 5.92 Å². The summed E-state index contributed by atoms with van der Waals surface area (Å²) in [6, 6.07) is 14.0. The van der Waals surface area contributed by atoms with Crippen molar-refractivity contribution >= 4 is 17.7 Å². The Bertz CT molecular complexity index is 1020. The van der Waals surface area contributed by atoms with Gasteiger partial charge in [0.25, 0.3) is 11.8 Å².